The Hall–Kier alpha value is -2.29. The summed E-state index contributed by atoms with van der Waals surface area (Å²) < 4.78 is 2.81. The minimum Gasteiger partial charge on any atom is -0.333 e. The van der Waals surface area contributed by atoms with E-state index < -0.39 is 0 Å². The summed E-state index contributed by atoms with van der Waals surface area (Å²) in [6.07, 6.45) is 8.44. The Morgan fingerprint density at radius 3 is 2.83 bits per heavy atom. The van der Waals surface area contributed by atoms with Gasteiger partial charge in [0.05, 0.1) is 17.8 Å². The van der Waals surface area contributed by atoms with E-state index in [4.69, 9.17) is 0 Å². The first kappa shape index (κ1) is 15.3. The molecule has 1 N–H and O–H groups in total. The first-order valence-electron chi connectivity index (χ1n) is 7.98. The molecule has 0 aromatic carbocycles. The van der Waals surface area contributed by atoms with E-state index in [-0.39, 0.29) is 0 Å². The summed E-state index contributed by atoms with van der Waals surface area (Å²) in [4.78, 5) is 18.2. The largest absolute Gasteiger partial charge is 0.333 e. The van der Waals surface area contributed by atoms with E-state index in [9.17, 15) is 0 Å². The van der Waals surface area contributed by atoms with Crippen molar-refractivity contribution < 1.29 is 0 Å². The molecule has 3 aromatic rings. The second-order valence-electron chi connectivity index (χ2n) is 5.73. The highest BCUT2D eigenvalue weighted by molar-refractivity contribution is 9.10. The van der Waals surface area contributed by atoms with Crippen LogP contribution in [0.5, 0.6) is 0 Å². The van der Waals surface area contributed by atoms with Crippen LogP contribution in [0.15, 0.2) is 23.5 Å². The molecule has 3 aromatic heterocycles. The molecule has 24 heavy (non-hydrogen) atoms. The van der Waals surface area contributed by atoms with Gasteiger partial charge in [-0.25, -0.2) is 15.0 Å². The molecule has 0 bridgehead atoms. The van der Waals surface area contributed by atoms with Gasteiger partial charge in [0.1, 0.15) is 6.33 Å². The van der Waals surface area contributed by atoms with Crippen LogP contribution >= 0.6 is 15.9 Å². The summed E-state index contributed by atoms with van der Waals surface area (Å²) in [7, 11) is 0. The number of aromatic nitrogens is 7. The lowest BCUT2D eigenvalue weighted by Crippen LogP contribution is -2.28. The van der Waals surface area contributed by atoms with Crippen LogP contribution in [0.25, 0.3) is 11.4 Å². The molecule has 0 radical (unpaired) electrons. The van der Waals surface area contributed by atoms with Crippen LogP contribution in [0.2, 0.25) is 0 Å². The monoisotopic (exact) mass is 388 g/mol. The van der Waals surface area contributed by atoms with Crippen LogP contribution in [-0.4, -0.2) is 41.2 Å². The topological polar surface area (TPSA) is 88.4 Å². The summed E-state index contributed by atoms with van der Waals surface area (Å²) in [6, 6.07) is 0. The van der Waals surface area contributed by atoms with E-state index in [2.05, 4.69) is 62.5 Å². The molecule has 0 saturated carbocycles. The molecular weight excluding hydrogens is 372 g/mol. The van der Waals surface area contributed by atoms with Crippen molar-refractivity contribution in [2.75, 3.05) is 11.4 Å². The van der Waals surface area contributed by atoms with Crippen molar-refractivity contribution in [3.63, 3.8) is 0 Å². The van der Waals surface area contributed by atoms with Crippen LogP contribution in [-0.2, 0) is 6.54 Å². The molecule has 4 rings (SSSR count). The van der Waals surface area contributed by atoms with E-state index >= 15 is 0 Å². The Labute approximate surface area is 147 Å². The van der Waals surface area contributed by atoms with E-state index in [0.29, 0.717) is 6.54 Å². The molecule has 8 nitrogen and oxygen atoms in total. The first-order valence-corrected chi connectivity index (χ1v) is 8.77. The zero-order chi connectivity index (χ0) is 16.5. The quantitative estimate of drug-likeness (QED) is 0.675. The molecule has 0 amide bonds. The van der Waals surface area contributed by atoms with Crippen molar-refractivity contribution in [2.45, 2.75) is 32.7 Å². The smallest absolute Gasteiger partial charge is 0.233 e. The summed E-state index contributed by atoms with van der Waals surface area (Å²) in [5.41, 5.74) is 1.90. The molecule has 124 valence electrons. The lowest BCUT2D eigenvalue weighted by molar-refractivity contribution is 0.668. The van der Waals surface area contributed by atoms with Gasteiger partial charge in [0.25, 0.3) is 0 Å². The highest BCUT2D eigenvalue weighted by atomic mass is 79.9. The normalized spacial score (nSPS) is 13.0. The number of rotatable bonds is 5. The SMILES string of the molecule is CCCCCN1c2nc(Br)[nH]c2Cn2c(-c3cncnc3)nnc21. The number of anilines is 2. The van der Waals surface area contributed by atoms with E-state index in [0.717, 1.165) is 46.5 Å². The maximum Gasteiger partial charge on any atom is 0.233 e. The lowest BCUT2D eigenvalue weighted by atomic mass is 10.2. The number of nitrogens with zero attached hydrogens (tertiary/aromatic N) is 7. The molecule has 0 atom stereocenters. The predicted octanol–water partition coefficient (Wildman–Crippen LogP) is 2.91. The van der Waals surface area contributed by atoms with Gasteiger partial charge in [0.15, 0.2) is 16.4 Å². The fourth-order valence-electron chi connectivity index (χ4n) is 2.95. The maximum absolute atomic E-state index is 4.57. The highest BCUT2D eigenvalue weighted by Crippen LogP contribution is 2.35. The van der Waals surface area contributed by atoms with Crippen LogP contribution in [0.1, 0.15) is 31.9 Å². The number of aromatic amines is 1. The Bertz CT molecular complexity index is 841. The zero-order valence-electron chi connectivity index (χ0n) is 13.3. The number of hydrogen-bond acceptors (Lipinski definition) is 6. The molecule has 0 unspecified atom stereocenters. The van der Waals surface area contributed by atoms with Crippen LogP contribution in [0, 0.1) is 0 Å². The third kappa shape index (κ3) is 2.58. The Balaban J connectivity index is 1.76. The average Bonchev–Trinajstić information content (AvgIpc) is 3.18. The third-order valence-corrected chi connectivity index (χ3v) is 4.45. The number of H-pyrrole nitrogens is 1. The second kappa shape index (κ2) is 6.31. The minimum atomic E-state index is 0.644. The van der Waals surface area contributed by atoms with Gasteiger partial charge < -0.3 is 4.98 Å². The van der Waals surface area contributed by atoms with Gasteiger partial charge in [-0.15, -0.1) is 10.2 Å². The predicted molar refractivity (Wildman–Crippen MR) is 93.0 cm³/mol. The molecule has 0 aliphatic carbocycles. The van der Waals surface area contributed by atoms with Crippen LogP contribution < -0.4 is 4.90 Å². The maximum atomic E-state index is 4.57. The Kier molecular flexibility index (Phi) is 4.01. The fourth-order valence-corrected chi connectivity index (χ4v) is 3.36. The van der Waals surface area contributed by atoms with Crippen LogP contribution in [0.3, 0.4) is 0 Å². The van der Waals surface area contributed by atoms with Crippen molar-refractivity contribution in [3.8, 4) is 11.4 Å². The molecule has 0 fully saturated rings. The summed E-state index contributed by atoms with van der Waals surface area (Å²) in [5.74, 6) is 2.51. The number of halogens is 1. The van der Waals surface area contributed by atoms with Gasteiger partial charge in [-0.2, -0.15) is 0 Å². The van der Waals surface area contributed by atoms with Gasteiger partial charge >= 0.3 is 0 Å². The van der Waals surface area contributed by atoms with Gasteiger partial charge in [-0.05, 0) is 22.4 Å². The molecule has 1 aliphatic heterocycles. The summed E-state index contributed by atoms with van der Waals surface area (Å²) >= 11 is 3.44. The molecule has 4 heterocycles. The molecule has 9 heteroatoms. The minimum absolute atomic E-state index is 0.644. The number of unbranched alkanes of at least 4 members (excludes halogenated alkanes) is 2. The Morgan fingerprint density at radius 1 is 1.21 bits per heavy atom. The van der Waals surface area contributed by atoms with Crippen molar-refractivity contribution in [2.24, 2.45) is 0 Å². The molecule has 0 saturated heterocycles. The zero-order valence-corrected chi connectivity index (χ0v) is 14.9. The Morgan fingerprint density at radius 2 is 2.04 bits per heavy atom. The average molecular weight is 389 g/mol. The van der Waals surface area contributed by atoms with Crippen molar-refractivity contribution in [3.05, 3.63) is 29.1 Å². The molecular formula is C15H17BrN8. The standard InChI is InChI=1S/C15H17BrN8/c1-2-3-4-5-23-13-11(19-14(16)20-13)8-24-12(21-22-15(23)24)10-6-17-9-18-7-10/h6-7,9H,2-5,8H2,1H3,(H,19,20). The van der Waals surface area contributed by atoms with E-state index in [1.807, 2.05) is 0 Å². The number of imidazole rings is 1. The molecule has 0 spiro atoms. The summed E-state index contributed by atoms with van der Waals surface area (Å²) in [5, 5.41) is 8.79. The summed E-state index contributed by atoms with van der Waals surface area (Å²) in [6.45, 7) is 3.70. The van der Waals surface area contributed by atoms with Crippen molar-refractivity contribution in [1.82, 2.24) is 34.7 Å². The van der Waals surface area contributed by atoms with Gasteiger partial charge in [-0.3, -0.25) is 9.47 Å². The van der Waals surface area contributed by atoms with Gasteiger partial charge in [0.2, 0.25) is 5.95 Å². The number of hydrogen-bond donors (Lipinski definition) is 1. The van der Waals surface area contributed by atoms with Crippen LogP contribution in [0.4, 0.5) is 11.8 Å². The van der Waals surface area contributed by atoms with Crippen molar-refractivity contribution >= 4 is 27.7 Å². The molecule has 1 aliphatic rings. The number of fused-ring (bicyclic) bond motifs is 2. The van der Waals surface area contributed by atoms with E-state index in [1.54, 1.807) is 12.4 Å². The van der Waals surface area contributed by atoms with E-state index in [1.165, 1.54) is 19.2 Å². The second-order valence-corrected chi connectivity index (χ2v) is 6.48. The fraction of sp³-hybridized carbons (Fsp3) is 0.400. The highest BCUT2D eigenvalue weighted by Gasteiger charge is 2.30. The first-order chi connectivity index (χ1) is 11.8. The van der Waals surface area contributed by atoms with Gasteiger partial charge in [-0.1, -0.05) is 19.8 Å². The van der Waals surface area contributed by atoms with Gasteiger partial charge in [0, 0.05) is 18.9 Å². The lowest BCUT2D eigenvalue weighted by Gasteiger charge is -2.27. The third-order valence-electron chi connectivity index (χ3n) is 4.08. The number of nitrogens with one attached hydrogen (secondary N) is 1. The van der Waals surface area contributed by atoms with Crippen molar-refractivity contribution in [1.29, 1.82) is 0 Å².